The number of nitrogens with zero attached hydrogens (tertiary/aromatic N) is 1. The summed E-state index contributed by atoms with van der Waals surface area (Å²) in [6, 6.07) is 7.90. The molecule has 1 aliphatic heterocycles. The molecule has 0 spiro atoms. The highest BCUT2D eigenvalue weighted by atomic mass is 127. The lowest BCUT2D eigenvalue weighted by Crippen LogP contribution is -2.40. The Bertz CT molecular complexity index is 678. The van der Waals surface area contributed by atoms with Gasteiger partial charge in [-0.2, -0.15) is 0 Å². The molecule has 0 aliphatic carbocycles. The number of aliphatic imine (C=N–C) groups is 1. The smallest absolute Gasteiger partial charge is 0.191 e. The predicted molar refractivity (Wildman–Crippen MR) is 117 cm³/mol. The van der Waals surface area contributed by atoms with E-state index >= 15 is 0 Å². The SMILES string of the molecule is Cc1ccc(C(C)NC(=NCC2CCCCO2)NCCc2ccco2)o1.I. The van der Waals surface area contributed by atoms with E-state index in [0.29, 0.717) is 6.54 Å². The van der Waals surface area contributed by atoms with Gasteiger partial charge in [-0.25, -0.2) is 0 Å². The van der Waals surface area contributed by atoms with Crippen molar-refractivity contribution < 1.29 is 13.6 Å². The molecule has 2 atom stereocenters. The van der Waals surface area contributed by atoms with Gasteiger partial charge in [0.05, 0.1) is 25.0 Å². The number of aryl methyl sites for hydroxylation is 1. The molecule has 0 amide bonds. The Balaban J connectivity index is 0.00000261. The summed E-state index contributed by atoms with van der Waals surface area (Å²) in [5.41, 5.74) is 0. The van der Waals surface area contributed by atoms with E-state index in [9.17, 15) is 0 Å². The van der Waals surface area contributed by atoms with Crippen molar-refractivity contribution in [1.82, 2.24) is 10.6 Å². The van der Waals surface area contributed by atoms with Crippen LogP contribution < -0.4 is 10.6 Å². The number of hydrogen-bond acceptors (Lipinski definition) is 4. The molecule has 2 aromatic heterocycles. The lowest BCUT2D eigenvalue weighted by atomic mass is 10.1. The Morgan fingerprint density at radius 3 is 2.85 bits per heavy atom. The third-order valence-electron chi connectivity index (χ3n) is 4.51. The van der Waals surface area contributed by atoms with Crippen molar-refractivity contribution in [1.29, 1.82) is 0 Å². The van der Waals surface area contributed by atoms with Gasteiger partial charge in [0, 0.05) is 19.6 Å². The van der Waals surface area contributed by atoms with Crippen molar-refractivity contribution >= 4 is 29.9 Å². The van der Waals surface area contributed by atoms with Crippen LogP contribution in [0, 0.1) is 6.92 Å². The molecule has 27 heavy (non-hydrogen) atoms. The Hall–Kier alpha value is -1.48. The normalized spacial score (nSPS) is 18.6. The molecule has 2 N–H and O–H groups in total. The summed E-state index contributed by atoms with van der Waals surface area (Å²) in [6.07, 6.45) is 6.18. The fourth-order valence-corrected chi connectivity index (χ4v) is 3.02. The molecule has 0 bridgehead atoms. The van der Waals surface area contributed by atoms with Crippen LogP contribution in [0.25, 0.3) is 0 Å². The fraction of sp³-hybridized carbons (Fsp3) is 0.550. The largest absolute Gasteiger partial charge is 0.469 e. The van der Waals surface area contributed by atoms with E-state index in [2.05, 4.69) is 17.6 Å². The van der Waals surface area contributed by atoms with E-state index in [1.54, 1.807) is 6.26 Å². The first-order valence-electron chi connectivity index (χ1n) is 9.46. The molecule has 0 saturated carbocycles. The molecular weight excluding hydrogens is 457 g/mol. The van der Waals surface area contributed by atoms with E-state index in [1.807, 2.05) is 31.2 Å². The number of ether oxygens (including phenoxy) is 1. The Kier molecular flexibility index (Phi) is 9.20. The van der Waals surface area contributed by atoms with Crippen molar-refractivity contribution in [3.8, 4) is 0 Å². The highest BCUT2D eigenvalue weighted by Gasteiger charge is 2.15. The monoisotopic (exact) mass is 487 g/mol. The zero-order chi connectivity index (χ0) is 18.2. The second-order valence-corrected chi connectivity index (χ2v) is 6.75. The number of nitrogens with one attached hydrogen (secondary N) is 2. The van der Waals surface area contributed by atoms with Crippen LogP contribution in [0.4, 0.5) is 0 Å². The van der Waals surface area contributed by atoms with Crippen molar-refractivity contribution in [3.05, 3.63) is 47.8 Å². The molecule has 1 fully saturated rings. The molecule has 2 aromatic rings. The highest BCUT2D eigenvalue weighted by molar-refractivity contribution is 14.0. The third-order valence-corrected chi connectivity index (χ3v) is 4.51. The van der Waals surface area contributed by atoms with Crippen LogP contribution in [0.5, 0.6) is 0 Å². The van der Waals surface area contributed by atoms with Crippen LogP contribution in [-0.2, 0) is 11.2 Å². The number of halogens is 1. The standard InChI is InChI=1S/C20H29N3O3.HI/c1-15-8-9-19(26-15)16(2)23-20(21-11-10-17-7-5-13-24-17)22-14-18-6-3-4-12-25-18;/h5,7-9,13,16,18H,3-4,6,10-12,14H2,1-2H3,(H2,21,22,23);1H. The average molecular weight is 487 g/mol. The number of rotatable bonds is 7. The van der Waals surface area contributed by atoms with Crippen LogP contribution >= 0.6 is 24.0 Å². The third kappa shape index (κ3) is 7.21. The molecule has 7 heteroatoms. The van der Waals surface area contributed by atoms with E-state index in [1.165, 1.54) is 6.42 Å². The lowest BCUT2D eigenvalue weighted by Gasteiger charge is -2.22. The Labute approximate surface area is 178 Å². The molecule has 150 valence electrons. The lowest BCUT2D eigenvalue weighted by molar-refractivity contribution is 0.0224. The second kappa shape index (κ2) is 11.4. The molecule has 2 unspecified atom stereocenters. The summed E-state index contributed by atoms with van der Waals surface area (Å²) in [5.74, 6) is 3.54. The maximum atomic E-state index is 5.79. The minimum Gasteiger partial charge on any atom is -0.469 e. The minimum atomic E-state index is 0. The average Bonchev–Trinajstić information content (AvgIpc) is 3.32. The van der Waals surface area contributed by atoms with Crippen LogP contribution in [0.15, 0.2) is 44.4 Å². The minimum absolute atomic E-state index is 0. The molecule has 3 heterocycles. The molecular formula is C20H30IN3O3. The molecule has 3 rings (SSSR count). The zero-order valence-electron chi connectivity index (χ0n) is 16.1. The maximum Gasteiger partial charge on any atom is 0.191 e. The molecule has 0 aromatic carbocycles. The predicted octanol–water partition coefficient (Wildman–Crippen LogP) is 4.21. The van der Waals surface area contributed by atoms with Gasteiger partial charge in [-0.3, -0.25) is 4.99 Å². The van der Waals surface area contributed by atoms with E-state index in [4.69, 9.17) is 18.6 Å². The maximum absolute atomic E-state index is 5.79. The molecule has 1 aliphatic rings. The van der Waals surface area contributed by atoms with Gasteiger partial charge in [0.25, 0.3) is 0 Å². The van der Waals surface area contributed by atoms with Gasteiger partial charge >= 0.3 is 0 Å². The van der Waals surface area contributed by atoms with Crippen molar-refractivity contribution in [2.45, 2.75) is 51.7 Å². The first-order chi connectivity index (χ1) is 12.7. The van der Waals surface area contributed by atoms with Gasteiger partial charge in [0.15, 0.2) is 5.96 Å². The summed E-state index contributed by atoms with van der Waals surface area (Å²) < 4.78 is 16.9. The zero-order valence-corrected chi connectivity index (χ0v) is 18.4. The van der Waals surface area contributed by atoms with Crippen LogP contribution in [-0.4, -0.2) is 31.8 Å². The van der Waals surface area contributed by atoms with Crippen molar-refractivity contribution in [2.75, 3.05) is 19.7 Å². The summed E-state index contributed by atoms with van der Waals surface area (Å²) in [7, 11) is 0. The molecule has 0 radical (unpaired) electrons. The van der Waals surface area contributed by atoms with E-state index < -0.39 is 0 Å². The van der Waals surface area contributed by atoms with Crippen LogP contribution in [0.2, 0.25) is 0 Å². The first kappa shape index (κ1) is 21.8. The Morgan fingerprint density at radius 1 is 1.30 bits per heavy atom. The van der Waals surface area contributed by atoms with Gasteiger partial charge in [0.1, 0.15) is 17.3 Å². The Morgan fingerprint density at radius 2 is 2.19 bits per heavy atom. The van der Waals surface area contributed by atoms with Crippen LogP contribution in [0.1, 0.15) is 49.5 Å². The van der Waals surface area contributed by atoms with Gasteiger partial charge in [0.2, 0.25) is 0 Å². The van der Waals surface area contributed by atoms with Crippen LogP contribution in [0.3, 0.4) is 0 Å². The van der Waals surface area contributed by atoms with E-state index in [0.717, 1.165) is 55.7 Å². The topological polar surface area (TPSA) is 71.9 Å². The van der Waals surface area contributed by atoms with Gasteiger partial charge in [-0.1, -0.05) is 0 Å². The number of furan rings is 2. The number of guanidine groups is 1. The fourth-order valence-electron chi connectivity index (χ4n) is 3.02. The quantitative estimate of drug-likeness (QED) is 0.348. The number of hydrogen-bond donors (Lipinski definition) is 2. The second-order valence-electron chi connectivity index (χ2n) is 6.75. The summed E-state index contributed by atoms with van der Waals surface area (Å²) in [6.45, 7) is 6.28. The van der Waals surface area contributed by atoms with E-state index in [-0.39, 0.29) is 36.1 Å². The van der Waals surface area contributed by atoms with Gasteiger partial charge < -0.3 is 24.2 Å². The summed E-state index contributed by atoms with van der Waals surface area (Å²) in [4.78, 5) is 4.74. The van der Waals surface area contributed by atoms with Gasteiger partial charge in [-0.15, -0.1) is 24.0 Å². The van der Waals surface area contributed by atoms with Crippen molar-refractivity contribution in [3.63, 3.8) is 0 Å². The summed E-state index contributed by atoms with van der Waals surface area (Å²) in [5, 5.41) is 6.81. The molecule has 1 saturated heterocycles. The first-order valence-corrected chi connectivity index (χ1v) is 9.46. The summed E-state index contributed by atoms with van der Waals surface area (Å²) >= 11 is 0. The van der Waals surface area contributed by atoms with Gasteiger partial charge in [-0.05, 0) is 57.4 Å². The highest BCUT2D eigenvalue weighted by Crippen LogP contribution is 2.16. The van der Waals surface area contributed by atoms with Crippen molar-refractivity contribution in [2.24, 2.45) is 4.99 Å². The molecule has 6 nitrogen and oxygen atoms in total.